The number of aryl methyl sites for hydroxylation is 2. The molecule has 1 aliphatic carbocycles. The number of rotatable bonds is 6. The van der Waals surface area contributed by atoms with E-state index in [0.29, 0.717) is 5.02 Å². The van der Waals surface area contributed by atoms with Gasteiger partial charge in [-0.2, -0.15) is 0 Å². The highest BCUT2D eigenvalue weighted by atomic mass is 79.9. The number of aromatic nitrogens is 1. The molecule has 0 unspecified atom stereocenters. The summed E-state index contributed by atoms with van der Waals surface area (Å²) in [6.45, 7) is 4.14. The van der Waals surface area contributed by atoms with Gasteiger partial charge in [0.15, 0.2) is 0 Å². The van der Waals surface area contributed by atoms with Crippen molar-refractivity contribution < 1.29 is 9.47 Å². The SMILES string of the molecule is COc1cc(Cl)c(-c2nc(C3(c4cc(Br)ccc4Oc4ccccc4)CC3)sc2C)cc1C. The molecule has 0 amide bonds. The fourth-order valence-corrected chi connectivity index (χ4v) is 6.01. The molecule has 0 atom stereocenters. The van der Waals surface area contributed by atoms with Gasteiger partial charge < -0.3 is 9.47 Å². The number of nitrogens with zero attached hydrogens (tertiary/aromatic N) is 1. The van der Waals surface area contributed by atoms with E-state index in [4.69, 9.17) is 26.1 Å². The molecule has 1 saturated carbocycles. The van der Waals surface area contributed by atoms with E-state index in [1.165, 1.54) is 0 Å². The third kappa shape index (κ3) is 4.18. The first-order chi connectivity index (χ1) is 15.9. The number of benzene rings is 3. The van der Waals surface area contributed by atoms with Crippen molar-refractivity contribution in [2.75, 3.05) is 7.11 Å². The third-order valence-electron chi connectivity index (χ3n) is 6.12. The topological polar surface area (TPSA) is 31.4 Å². The maximum atomic E-state index is 6.64. The fourth-order valence-electron chi connectivity index (χ4n) is 4.22. The standard InChI is InChI=1S/C27H23BrClNO2S/c1-16-13-20(22(29)15-24(16)31-3)25-17(2)33-26(30-25)27(11-12-27)21-14-18(28)9-10-23(21)32-19-7-5-4-6-8-19/h4-10,13-15H,11-12H2,1-3H3. The van der Waals surface area contributed by atoms with Gasteiger partial charge in [0.1, 0.15) is 22.3 Å². The summed E-state index contributed by atoms with van der Waals surface area (Å²) in [6, 6.07) is 20.1. The lowest BCUT2D eigenvalue weighted by Gasteiger charge is -2.18. The quantitative estimate of drug-likeness (QED) is 0.245. The zero-order valence-electron chi connectivity index (χ0n) is 18.6. The van der Waals surface area contributed by atoms with Crippen LogP contribution in [0.15, 0.2) is 65.1 Å². The first kappa shape index (κ1) is 22.5. The van der Waals surface area contributed by atoms with Crippen LogP contribution in [0.1, 0.15) is 33.9 Å². The largest absolute Gasteiger partial charge is 0.496 e. The summed E-state index contributed by atoms with van der Waals surface area (Å²) in [5.74, 6) is 2.48. The normalized spacial score (nSPS) is 14.2. The van der Waals surface area contributed by atoms with Gasteiger partial charge in [-0.3, -0.25) is 0 Å². The zero-order chi connectivity index (χ0) is 23.2. The third-order valence-corrected chi connectivity index (χ3v) is 8.10. The molecule has 1 heterocycles. The van der Waals surface area contributed by atoms with Gasteiger partial charge in [0, 0.05) is 20.5 Å². The van der Waals surface area contributed by atoms with Crippen molar-refractivity contribution in [2.45, 2.75) is 32.1 Å². The van der Waals surface area contributed by atoms with Crippen LogP contribution in [-0.4, -0.2) is 12.1 Å². The van der Waals surface area contributed by atoms with Crippen LogP contribution in [0.2, 0.25) is 5.02 Å². The molecule has 0 saturated heterocycles. The number of ether oxygens (including phenoxy) is 2. The van der Waals surface area contributed by atoms with E-state index in [2.05, 4.69) is 35.0 Å². The van der Waals surface area contributed by atoms with Crippen LogP contribution < -0.4 is 9.47 Å². The molecule has 5 rings (SSSR count). The second-order valence-corrected chi connectivity index (χ2v) is 10.9. The zero-order valence-corrected chi connectivity index (χ0v) is 21.8. The Kier molecular flexibility index (Phi) is 5.98. The molecule has 1 aliphatic rings. The van der Waals surface area contributed by atoms with Crippen molar-refractivity contribution >= 4 is 38.9 Å². The number of hydrogen-bond donors (Lipinski definition) is 0. The minimum Gasteiger partial charge on any atom is -0.496 e. The molecule has 1 fully saturated rings. The lowest BCUT2D eigenvalue weighted by Crippen LogP contribution is -2.10. The molecular weight excluding hydrogens is 518 g/mol. The summed E-state index contributed by atoms with van der Waals surface area (Å²) in [5, 5.41) is 1.76. The Labute approximate surface area is 211 Å². The van der Waals surface area contributed by atoms with Crippen LogP contribution in [0.3, 0.4) is 0 Å². The molecule has 3 nitrogen and oxygen atoms in total. The van der Waals surface area contributed by atoms with Gasteiger partial charge >= 0.3 is 0 Å². The van der Waals surface area contributed by atoms with E-state index in [-0.39, 0.29) is 5.41 Å². The van der Waals surface area contributed by atoms with E-state index >= 15 is 0 Å². The molecule has 1 aromatic heterocycles. The van der Waals surface area contributed by atoms with Gasteiger partial charge in [0.2, 0.25) is 0 Å². The van der Waals surface area contributed by atoms with Gasteiger partial charge in [-0.25, -0.2) is 4.98 Å². The van der Waals surface area contributed by atoms with Gasteiger partial charge in [0.25, 0.3) is 0 Å². The number of halogens is 2. The van der Waals surface area contributed by atoms with Crippen LogP contribution in [0.5, 0.6) is 17.2 Å². The molecule has 0 bridgehead atoms. The minimum absolute atomic E-state index is 0.143. The van der Waals surface area contributed by atoms with Crippen LogP contribution in [0, 0.1) is 13.8 Å². The Morgan fingerprint density at radius 1 is 1.00 bits per heavy atom. The molecule has 0 N–H and O–H groups in total. The maximum Gasteiger partial charge on any atom is 0.131 e. The summed E-state index contributed by atoms with van der Waals surface area (Å²) in [6.07, 6.45) is 2.08. The van der Waals surface area contributed by atoms with Crippen molar-refractivity contribution in [1.29, 1.82) is 0 Å². The summed E-state index contributed by atoms with van der Waals surface area (Å²) in [4.78, 5) is 6.30. The molecule has 4 aromatic rings. The predicted octanol–water partition coefficient (Wildman–Crippen LogP) is 8.72. The second kappa shape index (κ2) is 8.79. The van der Waals surface area contributed by atoms with E-state index in [0.717, 1.165) is 66.8 Å². The second-order valence-electron chi connectivity index (χ2n) is 8.36. The Balaban J connectivity index is 1.57. The van der Waals surface area contributed by atoms with E-state index in [1.807, 2.05) is 55.5 Å². The summed E-state index contributed by atoms with van der Waals surface area (Å²) in [5.41, 5.74) is 3.95. The Morgan fingerprint density at radius 2 is 1.76 bits per heavy atom. The van der Waals surface area contributed by atoms with Crippen LogP contribution in [-0.2, 0) is 5.41 Å². The van der Waals surface area contributed by atoms with E-state index < -0.39 is 0 Å². The highest BCUT2D eigenvalue weighted by Gasteiger charge is 2.50. The molecule has 0 aliphatic heterocycles. The smallest absolute Gasteiger partial charge is 0.131 e. The molecule has 6 heteroatoms. The van der Waals surface area contributed by atoms with E-state index in [1.54, 1.807) is 18.4 Å². The Morgan fingerprint density at radius 3 is 2.45 bits per heavy atom. The summed E-state index contributed by atoms with van der Waals surface area (Å²) >= 11 is 12.0. The number of thiazole rings is 1. The highest BCUT2D eigenvalue weighted by molar-refractivity contribution is 9.10. The highest BCUT2D eigenvalue weighted by Crippen LogP contribution is 2.58. The van der Waals surface area contributed by atoms with Crippen molar-refractivity contribution in [1.82, 2.24) is 4.98 Å². The molecule has 0 radical (unpaired) electrons. The number of methoxy groups -OCH3 is 1. The first-order valence-electron chi connectivity index (χ1n) is 10.8. The predicted molar refractivity (Wildman–Crippen MR) is 139 cm³/mol. The maximum absolute atomic E-state index is 6.64. The Bertz CT molecular complexity index is 1330. The summed E-state index contributed by atoms with van der Waals surface area (Å²) in [7, 11) is 1.66. The molecular formula is C27H23BrClNO2S. The van der Waals surface area contributed by atoms with Crippen molar-refractivity contribution in [3.63, 3.8) is 0 Å². The van der Waals surface area contributed by atoms with Gasteiger partial charge in [-0.1, -0.05) is 45.7 Å². The average Bonchev–Trinajstić information content (AvgIpc) is 3.53. The average molecular weight is 541 g/mol. The fraction of sp³-hybridized carbons (Fsp3) is 0.222. The lowest BCUT2D eigenvalue weighted by atomic mass is 9.95. The van der Waals surface area contributed by atoms with Crippen LogP contribution in [0.25, 0.3) is 11.3 Å². The first-order valence-corrected chi connectivity index (χ1v) is 12.8. The summed E-state index contributed by atoms with van der Waals surface area (Å²) < 4.78 is 12.8. The number of para-hydroxylation sites is 1. The van der Waals surface area contributed by atoms with E-state index in [9.17, 15) is 0 Å². The van der Waals surface area contributed by atoms with Gasteiger partial charge in [0.05, 0.1) is 23.2 Å². The van der Waals surface area contributed by atoms with Gasteiger partial charge in [-0.15, -0.1) is 11.3 Å². The van der Waals surface area contributed by atoms with Crippen LogP contribution >= 0.6 is 38.9 Å². The number of hydrogen-bond acceptors (Lipinski definition) is 4. The van der Waals surface area contributed by atoms with Crippen LogP contribution in [0.4, 0.5) is 0 Å². The van der Waals surface area contributed by atoms with Gasteiger partial charge in [-0.05, 0) is 74.7 Å². The van der Waals surface area contributed by atoms with Crippen molar-refractivity contribution in [3.8, 4) is 28.5 Å². The molecule has 168 valence electrons. The van der Waals surface area contributed by atoms with Crippen molar-refractivity contribution in [2.24, 2.45) is 0 Å². The monoisotopic (exact) mass is 539 g/mol. The molecule has 3 aromatic carbocycles. The molecule has 0 spiro atoms. The Hall–Kier alpha value is -2.34. The minimum atomic E-state index is -0.143. The lowest BCUT2D eigenvalue weighted by molar-refractivity contribution is 0.412. The van der Waals surface area contributed by atoms with Crippen molar-refractivity contribution in [3.05, 3.63) is 91.2 Å². The molecule has 33 heavy (non-hydrogen) atoms.